The molecular weight excluding hydrogens is 420 g/mol. The van der Waals surface area contributed by atoms with E-state index in [0.717, 1.165) is 11.1 Å². The highest BCUT2D eigenvalue weighted by Gasteiger charge is 2.21. The molecule has 0 saturated carbocycles. The van der Waals surface area contributed by atoms with Gasteiger partial charge in [-0.2, -0.15) is 0 Å². The number of nitrogens with one attached hydrogen (secondary N) is 1. The molecule has 1 unspecified atom stereocenters. The fraction of sp³-hybridized carbons (Fsp3) is 0.174. The molecule has 0 aromatic heterocycles. The summed E-state index contributed by atoms with van der Waals surface area (Å²) in [7, 11) is -2.26. The van der Waals surface area contributed by atoms with E-state index < -0.39 is 10.0 Å². The van der Waals surface area contributed by atoms with Crippen molar-refractivity contribution in [3.63, 3.8) is 0 Å². The van der Waals surface area contributed by atoms with Crippen LogP contribution < -0.4 is 9.62 Å². The number of hydrogen-bond donors (Lipinski definition) is 1. The number of anilines is 1. The molecule has 156 valence electrons. The number of rotatable bonds is 6. The van der Waals surface area contributed by atoms with Gasteiger partial charge in [0.05, 0.1) is 16.6 Å². The minimum atomic E-state index is -3.73. The molecule has 30 heavy (non-hydrogen) atoms. The van der Waals surface area contributed by atoms with Crippen LogP contribution in [0.3, 0.4) is 0 Å². The van der Waals surface area contributed by atoms with Gasteiger partial charge in [-0.15, -0.1) is 0 Å². The van der Waals surface area contributed by atoms with Gasteiger partial charge in [-0.05, 0) is 73.5 Å². The minimum absolute atomic E-state index is 0.142. The van der Waals surface area contributed by atoms with E-state index in [1.54, 1.807) is 24.3 Å². The quantitative estimate of drug-likeness (QED) is 0.586. The van der Waals surface area contributed by atoms with Crippen molar-refractivity contribution < 1.29 is 13.2 Å². The molecule has 0 aliphatic heterocycles. The number of hydrogen-bond acceptors (Lipinski definition) is 3. The second-order valence-electron chi connectivity index (χ2n) is 7.03. The maximum atomic E-state index is 12.8. The Kier molecular flexibility index (Phi) is 6.48. The fourth-order valence-electron chi connectivity index (χ4n) is 3.16. The highest BCUT2D eigenvalue weighted by atomic mass is 35.5. The molecule has 0 spiro atoms. The Morgan fingerprint density at radius 3 is 2.17 bits per heavy atom. The van der Waals surface area contributed by atoms with Gasteiger partial charge in [0, 0.05) is 17.6 Å². The average Bonchev–Trinajstić information content (AvgIpc) is 2.73. The summed E-state index contributed by atoms with van der Waals surface area (Å²) < 4.78 is 26.8. The molecule has 5 nitrogen and oxygen atoms in total. The van der Waals surface area contributed by atoms with Crippen LogP contribution in [0.5, 0.6) is 0 Å². The van der Waals surface area contributed by atoms with Crippen molar-refractivity contribution in [2.75, 3.05) is 11.4 Å². The predicted octanol–water partition coefficient (Wildman–Crippen LogP) is 4.96. The van der Waals surface area contributed by atoms with Crippen molar-refractivity contribution >= 4 is 33.2 Å². The summed E-state index contributed by atoms with van der Waals surface area (Å²) in [5, 5.41) is 3.44. The van der Waals surface area contributed by atoms with Gasteiger partial charge in [0.2, 0.25) is 0 Å². The summed E-state index contributed by atoms with van der Waals surface area (Å²) >= 11 is 5.84. The van der Waals surface area contributed by atoms with E-state index in [9.17, 15) is 13.2 Å². The van der Waals surface area contributed by atoms with Crippen molar-refractivity contribution in [1.29, 1.82) is 0 Å². The van der Waals surface area contributed by atoms with E-state index in [-0.39, 0.29) is 16.8 Å². The lowest BCUT2D eigenvalue weighted by atomic mass is 10.0. The lowest BCUT2D eigenvalue weighted by Crippen LogP contribution is -2.28. The van der Waals surface area contributed by atoms with E-state index in [0.29, 0.717) is 16.3 Å². The number of nitrogens with zero attached hydrogens (tertiary/aromatic N) is 1. The minimum Gasteiger partial charge on any atom is -0.346 e. The first-order chi connectivity index (χ1) is 14.2. The molecule has 1 atom stereocenters. The Hall–Kier alpha value is -2.83. The average molecular weight is 443 g/mol. The number of carbonyl (C=O) groups excluding carboxylic acids is 1. The first kappa shape index (κ1) is 21.9. The van der Waals surface area contributed by atoms with E-state index in [1.807, 2.05) is 38.1 Å². The van der Waals surface area contributed by atoms with E-state index in [2.05, 4.69) is 5.32 Å². The summed E-state index contributed by atoms with van der Waals surface area (Å²) in [4.78, 5) is 12.8. The third-order valence-electron chi connectivity index (χ3n) is 4.97. The molecule has 0 heterocycles. The maximum absolute atomic E-state index is 12.8. The first-order valence-corrected chi connectivity index (χ1v) is 11.2. The Morgan fingerprint density at radius 1 is 0.967 bits per heavy atom. The lowest BCUT2D eigenvalue weighted by Gasteiger charge is -2.20. The highest BCUT2D eigenvalue weighted by molar-refractivity contribution is 7.92. The highest BCUT2D eigenvalue weighted by Crippen LogP contribution is 2.24. The van der Waals surface area contributed by atoms with Gasteiger partial charge >= 0.3 is 0 Å². The molecule has 0 fully saturated rings. The number of sulfonamides is 1. The van der Waals surface area contributed by atoms with E-state index in [1.165, 1.54) is 35.6 Å². The van der Waals surface area contributed by atoms with Crippen LogP contribution in [0.25, 0.3) is 0 Å². The molecule has 1 N–H and O–H groups in total. The van der Waals surface area contributed by atoms with E-state index >= 15 is 0 Å². The van der Waals surface area contributed by atoms with Crippen LogP contribution in [-0.2, 0) is 10.0 Å². The fourth-order valence-corrected chi connectivity index (χ4v) is 4.48. The van der Waals surface area contributed by atoms with Crippen LogP contribution in [0, 0.1) is 6.92 Å². The summed E-state index contributed by atoms with van der Waals surface area (Å²) in [6, 6.07) is 20.2. The normalized spacial score (nSPS) is 12.3. The number of aryl methyl sites for hydroxylation is 1. The Balaban J connectivity index is 1.74. The van der Waals surface area contributed by atoms with Gasteiger partial charge in [-0.1, -0.05) is 35.9 Å². The van der Waals surface area contributed by atoms with Gasteiger partial charge in [-0.3, -0.25) is 9.10 Å². The number of halogens is 1. The Labute approximate surface area is 182 Å². The zero-order valence-electron chi connectivity index (χ0n) is 17.0. The molecule has 3 aromatic rings. The molecule has 1 amide bonds. The number of amides is 1. The van der Waals surface area contributed by atoms with Gasteiger partial charge in [0.1, 0.15) is 0 Å². The predicted molar refractivity (Wildman–Crippen MR) is 121 cm³/mol. The third-order valence-corrected chi connectivity index (χ3v) is 7.02. The molecule has 0 radical (unpaired) electrons. The van der Waals surface area contributed by atoms with Crippen LogP contribution in [0.15, 0.2) is 77.7 Å². The van der Waals surface area contributed by atoms with Crippen LogP contribution in [-0.4, -0.2) is 21.4 Å². The topological polar surface area (TPSA) is 66.5 Å². The van der Waals surface area contributed by atoms with Crippen LogP contribution in [0.1, 0.15) is 34.5 Å². The molecular formula is C23H23ClN2O3S. The summed E-state index contributed by atoms with van der Waals surface area (Å²) in [5.41, 5.74) is 3.07. The first-order valence-electron chi connectivity index (χ1n) is 9.41. The van der Waals surface area contributed by atoms with E-state index in [4.69, 9.17) is 11.6 Å². The largest absolute Gasteiger partial charge is 0.346 e. The second-order valence-corrected chi connectivity index (χ2v) is 9.43. The Morgan fingerprint density at radius 2 is 1.57 bits per heavy atom. The standard InChI is InChI=1S/C23H23ClN2O3S/c1-16-6-4-5-7-22(16)17(2)25-23(27)18-8-12-20(13-9-18)26(3)30(28,29)21-14-10-19(24)11-15-21/h4-15,17H,1-3H3,(H,25,27). The summed E-state index contributed by atoms with van der Waals surface area (Å²) in [6.45, 7) is 3.94. The third kappa shape index (κ3) is 4.66. The zero-order valence-corrected chi connectivity index (χ0v) is 18.5. The smallest absolute Gasteiger partial charge is 0.264 e. The SMILES string of the molecule is Cc1ccccc1C(C)NC(=O)c1ccc(N(C)S(=O)(=O)c2ccc(Cl)cc2)cc1. The molecule has 0 saturated heterocycles. The molecule has 0 bridgehead atoms. The molecule has 3 rings (SSSR count). The van der Waals surface area contributed by atoms with Gasteiger partial charge in [0.25, 0.3) is 15.9 Å². The van der Waals surface area contributed by atoms with Crippen molar-refractivity contribution in [3.8, 4) is 0 Å². The molecule has 0 aliphatic rings. The maximum Gasteiger partial charge on any atom is 0.264 e. The van der Waals surface area contributed by atoms with Crippen molar-refractivity contribution in [1.82, 2.24) is 5.32 Å². The van der Waals surface area contributed by atoms with Crippen LogP contribution in [0.2, 0.25) is 5.02 Å². The molecule has 3 aromatic carbocycles. The molecule has 0 aliphatic carbocycles. The van der Waals surface area contributed by atoms with Crippen molar-refractivity contribution in [2.45, 2.75) is 24.8 Å². The summed E-state index contributed by atoms with van der Waals surface area (Å²) in [5.74, 6) is -0.222. The van der Waals surface area contributed by atoms with Crippen LogP contribution >= 0.6 is 11.6 Å². The zero-order chi connectivity index (χ0) is 21.9. The lowest BCUT2D eigenvalue weighted by molar-refractivity contribution is 0.0940. The number of carbonyl (C=O) groups is 1. The summed E-state index contributed by atoms with van der Waals surface area (Å²) in [6.07, 6.45) is 0. The van der Waals surface area contributed by atoms with Crippen molar-refractivity contribution in [3.05, 3.63) is 94.5 Å². The van der Waals surface area contributed by atoms with Gasteiger partial charge in [-0.25, -0.2) is 8.42 Å². The Bertz CT molecular complexity index is 1140. The monoisotopic (exact) mass is 442 g/mol. The number of benzene rings is 3. The van der Waals surface area contributed by atoms with Crippen LogP contribution in [0.4, 0.5) is 5.69 Å². The second kappa shape index (κ2) is 8.90. The van der Waals surface area contributed by atoms with Gasteiger partial charge < -0.3 is 5.32 Å². The van der Waals surface area contributed by atoms with Gasteiger partial charge in [0.15, 0.2) is 0 Å². The molecule has 7 heteroatoms. The van der Waals surface area contributed by atoms with Crippen molar-refractivity contribution in [2.24, 2.45) is 0 Å².